The third kappa shape index (κ3) is 3.43. The zero-order valence-corrected chi connectivity index (χ0v) is 10.8. The first-order valence-electron chi connectivity index (χ1n) is 5.01. The molecular formula is C12H15ClO4. The molecule has 0 N–H and O–H groups in total. The molecule has 0 saturated carbocycles. The minimum absolute atomic E-state index is 0.190. The normalized spacial score (nSPS) is 10.4. The summed E-state index contributed by atoms with van der Waals surface area (Å²) in [7, 11) is 4.50. The van der Waals surface area contributed by atoms with E-state index >= 15 is 0 Å². The van der Waals surface area contributed by atoms with Gasteiger partial charge in [-0.3, -0.25) is 4.79 Å². The minimum Gasteiger partial charge on any atom is -0.492 e. The quantitative estimate of drug-likeness (QED) is 0.810. The van der Waals surface area contributed by atoms with Gasteiger partial charge in [0.05, 0.1) is 20.3 Å². The fraction of sp³-hybridized carbons (Fsp3) is 0.417. The second kappa shape index (κ2) is 6.59. The highest BCUT2D eigenvalue weighted by Crippen LogP contribution is 2.19. The summed E-state index contributed by atoms with van der Waals surface area (Å²) in [4.78, 5) is 12.1. The Morgan fingerprint density at radius 2 is 1.59 bits per heavy atom. The lowest BCUT2D eigenvalue weighted by Crippen LogP contribution is -2.11. The average Bonchev–Trinajstić information content (AvgIpc) is 2.38. The van der Waals surface area contributed by atoms with E-state index in [4.69, 9.17) is 25.8 Å². The summed E-state index contributed by atoms with van der Waals surface area (Å²) in [5.74, 6) is 0.241. The van der Waals surface area contributed by atoms with Crippen molar-refractivity contribution in [2.45, 2.75) is 13.2 Å². The highest BCUT2D eigenvalue weighted by molar-refractivity contribution is 6.30. The highest BCUT2D eigenvalue weighted by atomic mass is 35.5. The van der Waals surface area contributed by atoms with E-state index in [1.165, 1.54) is 14.2 Å². The van der Waals surface area contributed by atoms with Crippen LogP contribution in [0.4, 0.5) is 0 Å². The molecule has 0 fully saturated rings. The molecule has 5 heteroatoms. The van der Waals surface area contributed by atoms with Crippen LogP contribution in [0, 0.1) is 0 Å². The Morgan fingerprint density at radius 1 is 1.06 bits per heavy atom. The summed E-state index contributed by atoms with van der Waals surface area (Å²) in [6.07, 6.45) is 0. The van der Waals surface area contributed by atoms with Crippen molar-refractivity contribution in [3.8, 4) is 5.75 Å². The zero-order chi connectivity index (χ0) is 12.8. The molecule has 0 saturated heterocycles. The predicted octanol–water partition coefficient (Wildman–Crippen LogP) is 2.00. The Labute approximate surface area is 105 Å². The van der Waals surface area contributed by atoms with Gasteiger partial charge in [0.25, 0.3) is 0 Å². The van der Waals surface area contributed by atoms with Crippen LogP contribution in [0.25, 0.3) is 0 Å². The van der Waals surface area contributed by atoms with E-state index in [0.29, 0.717) is 16.1 Å². The molecule has 0 atom stereocenters. The third-order valence-electron chi connectivity index (χ3n) is 2.22. The smallest absolute Gasteiger partial charge is 0.226 e. The van der Waals surface area contributed by atoms with E-state index in [-0.39, 0.29) is 24.4 Å². The Morgan fingerprint density at radius 3 is 2.12 bits per heavy atom. The van der Waals surface area contributed by atoms with Gasteiger partial charge in [-0.15, -0.1) is 0 Å². The van der Waals surface area contributed by atoms with Crippen LogP contribution in [-0.4, -0.2) is 21.3 Å². The maximum Gasteiger partial charge on any atom is 0.226 e. The van der Waals surface area contributed by atoms with Crippen LogP contribution >= 0.6 is 11.6 Å². The van der Waals surface area contributed by atoms with Crippen molar-refractivity contribution in [1.29, 1.82) is 0 Å². The van der Waals surface area contributed by atoms with Crippen molar-refractivity contribution in [1.82, 2.24) is 0 Å². The number of rotatable bonds is 5. The predicted molar refractivity (Wildman–Crippen MR) is 65.7 cm³/mol. The van der Waals surface area contributed by atoms with Crippen molar-refractivity contribution in [3.63, 3.8) is 0 Å². The molecule has 0 spiro atoms. The van der Waals surface area contributed by atoms with Crippen LogP contribution in [-0.2, 0) is 22.7 Å². The zero-order valence-electron chi connectivity index (χ0n) is 10.1. The van der Waals surface area contributed by atoms with Gasteiger partial charge in [0.1, 0.15) is 0 Å². The molecule has 17 heavy (non-hydrogen) atoms. The Kier molecular flexibility index (Phi) is 5.41. The molecule has 1 aromatic carbocycles. The van der Waals surface area contributed by atoms with Gasteiger partial charge in [-0.1, -0.05) is 11.6 Å². The highest BCUT2D eigenvalue weighted by Gasteiger charge is 2.11. The Bertz CT molecular complexity index is 445. The standard InChI is InChI=1S/C12H15ClO4/c1-15-6-8-4-10(13)5-9(7-16-2)12(17-3)11(8)14/h4-5H,6-7H2,1-3H3. The summed E-state index contributed by atoms with van der Waals surface area (Å²) in [5.41, 5.74) is 0.845. The monoisotopic (exact) mass is 258 g/mol. The van der Waals surface area contributed by atoms with E-state index < -0.39 is 0 Å². The molecule has 1 rings (SSSR count). The Hall–Kier alpha value is -1.10. The average molecular weight is 259 g/mol. The van der Waals surface area contributed by atoms with Gasteiger partial charge in [0.15, 0.2) is 5.75 Å². The van der Waals surface area contributed by atoms with E-state index in [1.54, 1.807) is 19.2 Å². The van der Waals surface area contributed by atoms with Crippen molar-refractivity contribution in [2.75, 3.05) is 21.3 Å². The molecule has 0 heterocycles. The van der Waals surface area contributed by atoms with Gasteiger partial charge >= 0.3 is 0 Å². The van der Waals surface area contributed by atoms with Gasteiger partial charge in [0, 0.05) is 30.4 Å². The molecule has 0 aliphatic heterocycles. The second-order valence-corrected chi connectivity index (χ2v) is 3.89. The molecular weight excluding hydrogens is 244 g/mol. The number of methoxy groups -OCH3 is 3. The molecule has 1 aromatic rings. The molecule has 0 aliphatic rings. The van der Waals surface area contributed by atoms with Crippen LogP contribution in [0.1, 0.15) is 11.1 Å². The summed E-state index contributed by atoms with van der Waals surface area (Å²) >= 11 is 6.00. The van der Waals surface area contributed by atoms with Crippen molar-refractivity contribution < 1.29 is 14.2 Å². The maximum atomic E-state index is 12.1. The van der Waals surface area contributed by atoms with E-state index in [9.17, 15) is 4.79 Å². The van der Waals surface area contributed by atoms with E-state index in [2.05, 4.69) is 0 Å². The molecule has 0 bridgehead atoms. The van der Waals surface area contributed by atoms with Crippen LogP contribution in [0.2, 0.25) is 5.02 Å². The van der Waals surface area contributed by atoms with Gasteiger partial charge in [-0.05, 0) is 12.1 Å². The van der Waals surface area contributed by atoms with Crippen molar-refractivity contribution in [3.05, 3.63) is 38.5 Å². The molecule has 94 valence electrons. The SMILES string of the molecule is COCc1cc(Cl)cc(COC)c(=O)c1OC. The number of halogens is 1. The van der Waals surface area contributed by atoms with Gasteiger partial charge in [-0.25, -0.2) is 0 Å². The van der Waals surface area contributed by atoms with Crippen LogP contribution in [0.5, 0.6) is 5.75 Å². The summed E-state index contributed by atoms with van der Waals surface area (Å²) < 4.78 is 15.1. The van der Waals surface area contributed by atoms with Gasteiger partial charge in [0.2, 0.25) is 5.43 Å². The molecule has 0 radical (unpaired) electrons. The molecule has 4 nitrogen and oxygen atoms in total. The van der Waals surface area contributed by atoms with Crippen LogP contribution < -0.4 is 10.2 Å². The number of hydrogen-bond acceptors (Lipinski definition) is 4. The largest absolute Gasteiger partial charge is 0.492 e. The first-order chi connectivity index (χ1) is 8.13. The molecule has 0 aromatic heterocycles. The minimum atomic E-state index is -0.228. The lowest BCUT2D eigenvalue weighted by atomic mass is 10.2. The maximum absolute atomic E-state index is 12.1. The molecule has 0 unspecified atom stereocenters. The lowest BCUT2D eigenvalue weighted by molar-refractivity contribution is 0.180. The summed E-state index contributed by atoms with van der Waals surface area (Å²) in [6, 6.07) is 3.24. The summed E-state index contributed by atoms with van der Waals surface area (Å²) in [6.45, 7) is 0.454. The number of hydrogen-bond donors (Lipinski definition) is 0. The van der Waals surface area contributed by atoms with E-state index in [1.807, 2.05) is 0 Å². The fourth-order valence-electron chi connectivity index (χ4n) is 1.55. The first kappa shape index (κ1) is 14.0. The number of ether oxygens (including phenoxy) is 3. The Balaban J connectivity index is 3.46. The van der Waals surface area contributed by atoms with E-state index in [0.717, 1.165) is 0 Å². The van der Waals surface area contributed by atoms with Gasteiger partial charge < -0.3 is 14.2 Å². The molecule has 0 aliphatic carbocycles. The first-order valence-corrected chi connectivity index (χ1v) is 5.39. The summed E-state index contributed by atoms with van der Waals surface area (Å²) in [5, 5.41) is 0.449. The second-order valence-electron chi connectivity index (χ2n) is 3.45. The van der Waals surface area contributed by atoms with Crippen LogP contribution in [0.3, 0.4) is 0 Å². The molecule has 0 amide bonds. The van der Waals surface area contributed by atoms with Crippen molar-refractivity contribution >= 4 is 11.6 Å². The third-order valence-corrected chi connectivity index (χ3v) is 2.44. The fourth-order valence-corrected chi connectivity index (χ4v) is 1.81. The van der Waals surface area contributed by atoms with Gasteiger partial charge in [-0.2, -0.15) is 0 Å². The topological polar surface area (TPSA) is 44.8 Å². The lowest BCUT2D eigenvalue weighted by Gasteiger charge is -2.03. The van der Waals surface area contributed by atoms with Crippen LogP contribution in [0.15, 0.2) is 16.9 Å². The van der Waals surface area contributed by atoms with Crippen molar-refractivity contribution in [2.24, 2.45) is 0 Å².